The Kier molecular flexibility index (Phi) is 4.99. The lowest BCUT2D eigenvalue weighted by atomic mass is 10.9. The van der Waals surface area contributed by atoms with Crippen molar-refractivity contribution in [2.45, 2.75) is 5.51 Å². The average Bonchev–Trinajstić information content (AvgIpc) is 2.97. The molecule has 9 nitrogen and oxygen atoms in total. The van der Waals surface area contributed by atoms with E-state index in [9.17, 15) is 21.6 Å². The molecule has 0 aromatic carbocycles. The van der Waals surface area contributed by atoms with Gasteiger partial charge in [-0.15, -0.1) is 3.97 Å². The number of aryl methyl sites for hydroxylation is 1. The fourth-order valence-corrected chi connectivity index (χ4v) is 2.13. The summed E-state index contributed by atoms with van der Waals surface area (Å²) in [6, 6.07) is 0. The fraction of sp³-hybridized carbons (Fsp3) is 0.250. The van der Waals surface area contributed by atoms with Gasteiger partial charge in [0.25, 0.3) is 6.33 Å². The number of rotatable bonds is 2. The summed E-state index contributed by atoms with van der Waals surface area (Å²) < 4.78 is 86.3. The fourth-order valence-electron chi connectivity index (χ4n) is 1.06. The van der Waals surface area contributed by atoms with Crippen LogP contribution in [0.15, 0.2) is 37.4 Å². The van der Waals surface area contributed by atoms with Gasteiger partial charge in [0.1, 0.15) is 18.7 Å². The molecule has 2 aromatic rings. The van der Waals surface area contributed by atoms with Gasteiger partial charge in [-0.1, -0.05) is 0 Å². The number of halogens is 3. The van der Waals surface area contributed by atoms with Gasteiger partial charge in [0, 0.05) is 12.4 Å². The van der Waals surface area contributed by atoms with Gasteiger partial charge in [0.05, 0.1) is 7.05 Å². The number of aromatic nitrogens is 4. The zero-order valence-corrected chi connectivity index (χ0v) is 12.4. The first-order valence-corrected chi connectivity index (χ1v) is 7.95. The maximum atomic E-state index is 11.8. The molecule has 0 amide bonds. The molecule has 0 N–H and O–H groups in total. The number of hydrogen-bond donors (Lipinski definition) is 0. The minimum absolute atomic E-state index is 1.05. The molecular weight excluding hydrogens is 353 g/mol. The Morgan fingerprint density at radius 3 is 2.00 bits per heavy atom. The Balaban J connectivity index is 0.000000261. The summed E-state index contributed by atoms with van der Waals surface area (Å²) in [5.74, 6) is 0. The Morgan fingerprint density at radius 1 is 1.14 bits per heavy atom. The third kappa shape index (κ3) is 4.28. The van der Waals surface area contributed by atoms with Crippen LogP contribution in [0.4, 0.5) is 13.2 Å². The van der Waals surface area contributed by atoms with Gasteiger partial charge < -0.3 is 4.55 Å². The highest BCUT2D eigenvalue weighted by Gasteiger charge is 2.36. The predicted octanol–water partition coefficient (Wildman–Crippen LogP) is -0.798. The molecular formula is C8H9F3N4O5S2. The zero-order valence-electron chi connectivity index (χ0n) is 10.7. The highest BCUT2D eigenvalue weighted by Crippen LogP contribution is 2.20. The van der Waals surface area contributed by atoms with E-state index in [0.717, 1.165) is 7.94 Å². The summed E-state index contributed by atoms with van der Waals surface area (Å²) in [6.07, 6.45) is 8.63. The minimum Gasteiger partial charge on any atom is -0.741 e. The molecule has 0 aliphatic rings. The van der Waals surface area contributed by atoms with Gasteiger partial charge in [-0.3, -0.25) is 0 Å². The van der Waals surface area contributed by atoms with Gasteiger partial charge in [-0.25, -0.2) is 18.0 Å². The second-order valence-electron chi connectivity index (χ2n) is 3.71. The van der Waals surface area contributed by atoms with Crippen LogP contribution in [0.2, 0.25) is 0 Å². The average molecular weight is 362 g/mol. The number of imidazole rings is 2. The molecule has 22 heavy (non-hydrogen) atoms. The molecule has 0 fully saturated rings. The first-order valence-electron chi connectivity index (χ1n) is 5.15. The van der Waals surface area contributed by atoms with Gasteiger partial charge >= 0.3 is 15.7 Å². The van der Waals surface area contributed by atoms with Gasteiger partial charge in [-0.2, -0.15) is 25.6 Å². The van der Waals surface area contributed by atoms with Crippen LogP contribution >= 0.6 is 0 Å². The van der Waals surface area contributed by atoms with E-state index in [0.29, 0.717) is 0 Å². The van der Waals surface area contributed by atoms with Gasteiger partial charge in [0.15, 0.2) is 10.1 Å². The second kappa shape index (κ2) is 6.05. The van der Waals surface area contributed by atoms with Crippen LogP contribution < -0.4 is 4.57 Å². The maximum Gasteiger partial charge on any atom is 0.485 e. The second-order valence-corrected chi connectivity index (χ2v) is 6.82. The van der Waals surface area contributed by atoms with Crippen LogP contribution in [-0.2, 0) is 27.4 Å². The molecule has 0 atom stereocenters. The first-order chi connectivity index (χ1) is 9.85. The van der Waals surface area contributed by atoms with Crippen molar-refractivity contribution in [3.63, 3.8) is 0 Å². The number of nitrogens with zero attached hydrogens (tertiary/aromatic N) is 4. The summed E-state index contributed by atoms with van der Waals surface area (Å²) in [6.45, 7) is 0. The SMILES string of the molecule is C[n+]1ccn(S(=O)(=O)n2ccnc2)c1.O=S(=O)([O-])C(F)(F)F. The lowest BCUT2D eigenvalue weighted by Gasteiger charge is -2.08. The van der Waals surface area contributed by atoms with E-state index in [-0.39, 0.29) is 0 Å². The van der Waals surface area contributed by atoms with Crippen LogP contribution in [-0.4, -0.2) is 39.8 Å². The van der Waals surface area contributed by atoms with E-state index in [4.69, 9.17) is 13.0 Å². The van der Waals surface area contributed by atoms with Crippen molar-refractivity contribution in [3.8, 4) is 0 Å². The molecule has 0 aliphatic carbocycles. The van der Waals surface area contributed by atoms with Crippen LogP contribution in [0.1, 0.15) is 0 Å². The molecule has 0 spiro atoms. The summed E-state index contributed by atoms with van der Waals surface area (Å²) >= 11 is 0. The molecule has 2 heterocycles. The molecule has 2 rings (SSSR count). The summed E-state index contributed by atoms with van der Waals surface area (Å²) in [5.41, 5.74) is -5.65. The molecule has 14 heteroatoms. The largest absolute Gasteiger partial charge is 0.741 e. The monoisotopic (exact) mass is 362 g/mol. The minimum atomic E-state index is -6.09. The smallest absolute Gasteiger partial charge is 0.485 e. The summed E-state index contributed by atoms with van der Waals surface area (Å²) in [7, 11) is -7.87. The standard InChI is InChI=1S/C7H9N4O2S.CHF3O3S/c1-9-4-5-11(7-9)14(12,13)10-3-2-8-6-10;2-1(3,4)8(5,6)7/h2-7H,1H3;(H,5,6,7)/q+1;/p-1. The van der Waals surface area contributed by atoms with Crippen molar-refractivity contribution in [1.29, 1.82) is 0 Å². The Morgan fingerprint density at radius 2 is 1.68 bits per heavy atom. The van der Waals surface area contributed by atoms with E-state index in [1.807, 2.05) is 0 Å². The summed E-state index contributed by atoms with van der Waals surface area (Å²) in [5, 5.41) is 0. The van der Waals surface area contributed by atoms with E-state index < -0.39 is 25.8 Å². The van der Waals surface area contributed by atoms with Crippen molar-refractivity contribution in [1.82, 2.24) is 12.9 Å². The number of hydrogen-bond acceptors (Lipinski definition) is 6. The van der Waals surface area contributed by atoms with Crippen molar-refractivity contribution < 1.29 is 39.1 Å². The third-order valence-electron chi connectivity index (χ3n) is 2.04. The van der Waals surface area contributed by atoms with Crippen molar-refractivity contribution >= 4 is 20.3 Å². The first kappa shape index (κ1) is 18.1. The third-order valence-corrected chi connectivity index (χ3v) is 4.11. The van der Waals surface area contributed by atoms with Crippen LogP contribution in [0.3, 0.4) is 0 Å². The Bertz CT molecular complexity index is 824. The Hall–Kier alpha value is -1.93. The lowest BCUT2D eigenvalue weighted by Crippen LogP contribution is -2.26. The van der Waals surface area contributed by atoms with E-state index in [2.05, 4.69) is 4.98 Å². The highest BCUT2D eigenvalue weighted by atomic mass is 32.2. The molecule has 0 bridgehead atoms. The predicted molar refractivity (Wildman–Crippen MR) is 63.3 cm³/mol. The molecule has 0 saturated heterocycles. The quantitative estimate of drug-likeness (QED) is 0.392. The topological polar surface area (TPSA) is 118 Å². The van der Waals surface area contributed by atoms with Crippen LogP contribution in [0.25, 0.3) is 0 Å². The summed E-state index contributed by atoms with van der Waals surface area (Å²) in [4.78, 5) is 3.68. The van der Waals surface area contributed by atoms with Gasteiger partial charge in [0.2, 0.25) is 0 Å². The number of alkyl halides is 3. The lowest BCUT2D eigenvalue weighted by molar-refractivity contribution is -0.670. The molecule has 0 unspecified atom stereocenters. The van der Waals surface area contributed by atoms with Crippen molar-refractivity contribution in [3.05, 3.63) is 37.4 Å². The van der Waals surface area contributed by atoms with Gasteiger partial charge in [-0.05, 0) is 0 Å². The molecule has 124 valence electrons. The van der Waals surface area contributed by atoms with Crippen LogP contribution in [0.5, 0.6) is 0 Å². The Labute approximate surface area is 123 Å². The van der Waals surface area contributed by atoms with Crippen molar-refractivity contribution in [2.24, 2.45) is 7.05 Å². The molecule has 0 saturated carbocycles. The molecule has 0 radical (unpaired) electrons. The van der Waals surface area contributed by atoms with E-state index in [1.165, 1.54) is 31.2 Å². The van der Waals surface area contributed by atoms with Crippen molar-refractivity contribution in [2.75, 3.05) is 0 Å². The van der Waals surface area contributed by atoms with E-state index >= 15 is 0 Å². The molecule has 2 aromatic heterocycles. The van der Waals surface area contributed by atoms with E-state index in [1.54, 1.807) is 17.8 Å². The highest BCUT2D eigenvalue weighted by molar-refractivity contribution is 7.88. The maximum absolute atomic E-state index is 11.8. The zero-order chi connectivity index (χ0) is 17.2. The van der Waals surface area contributed by atoms with Crippen LogP contribution in [0, 0.1) is 0 Å². The normalized spacial score (nSPS) is 12.6. The molecule has 0 aliphatic heterocycles.